The van der Waals surface area contributed by atoms with E-state index in [4.69, 9.17) is 4.98 Å². The minimum atomic E-state index is -0.108. The van der Waals surface area contributed by atoms with Gasteiger partial charge in [-0.25, -0.2) is 4.98 Å². The SMILES string of the molecule is CCC(C)CN1C(=O)[C@H]2CN(C)CCN2c2ncc(C(C)(C)C)cc21. The Morgan fingerprint density at radius 1 is 1.32 bits per heavy atom. The maximum absolute atomic E-state index is 13.3. The second kappa shape index (κ2) is 6.60. The zero-order valence-electron chi connectivity index (χ0n) is 16.5. The first kappa shape index (κ1) is 18.2. The molecule has 5 heteroatoms. The Morgan fingerprint density at radius 2 is 2.04 bits per heavy atom. The maximum Gasteiger partial charge on any atom is 0.251 e. The van der Waals surface area contributed by atoms with Crippen LogP contribution in [0.25, 0.3) is 0 Å². The second-order valence-corrected chi connectivity index (χ2v) is 8.75. The van der Waals surface area contributed by atoms with Crippen LogP contribution in [0.2, 0.25) is 0 Å². The predicted octanol–water partition coefficient (Wildman–Crippen LogP) is 2.89. The van der Waals surface area contributed by atoms with E-state index in [1.54, 1.807) is 0 Å². The van der Waals surface area contributed by atoms with E-state index in [1.165, 1.54) is 5.56 Å². The summed E-state index contributed by atoms with van der Waals surface area (Å²) in [4.78, 5) is 24.6. The van der Waals surface area contributed by atoms with Crippen molar-refractivity contribution in [1.29, 1.82) is 0 Å². The normalized spacial score (nSPS) is 22.6. The Hall–Kier alpha value is -1.62. The topological polar surface area (TPSA) is 39.7 Å². The van der Waals surface area contributed by atoms with Gasteiger partial charge in [-0.1, -0.05) is 41.0 Å². The summed E-state index contributed by atoms with van der Waals surface area (Å²) in [5.74, 6) is 1.68. The Balaban J connectivity index is 2.07. The summed E-state index contributed by atoms with van der Waals surface area (Å²) in [6, 6.07) is 2.08. The third kappa shape index (κ3) is 3.39. The molecule has 0 spiro atoms. The Kier molecular flexibility index (Phi) is 4.80. The Bertz CT molecular complexity index is 652. The highest BCUT2D eigenvalue weighted by Crippen LogP contribution is 2.38. The molecular weight excluding hydrogens is 312 g/mol. The lowest BCUT2D eigenvalue weighted by molar-refractivity contribution is -0.121. The van der Waals surface area contributed by atoms with Crippen molar-refractivity contribution in [3.8, 4) is 0 Å². The van der Waals surface area contributed by atoms with Gasteiger partial charge < -0.3 is 14.7 Å². The molecule has 1 fully saturated rings. The van der Waals surface area contributed by atoms with Gasteiger partial charge in [0.15, 0.2) is 5.82 Å². The van der Waals surface area contributed by atoms with Gasteiger partial charge in [-0.3, -0.25) is 4.79 Å². The number of piperazine rings is 1. The average Bonchev–Trinajstić information content (AvgIpc) is 2.57. The molecule has 1 unspecified atom stereocenters. The summed E-state index contributed by atoms with van der Waals surface area (Å²) in [5, 5.41) is 0. The van der Waals surface area contributed by atoms with Crippen molar-refractivity contribution in [2.45, 2.75) is 52.5 Å². The van der Waals surface area contributed by atoms with Crippen LogP contribution in [-0.4, -0.2) is 55.1 Å². The summed E-state index contributed by atoms with van der Waals surface area (Å²) in [6.45, 7) is 14.4. The maximum atomic E-state index is 13.3. The van der Waals surface area contributed by atoms with Crippen LogP contribution >= 0.6 is 0 Å². The third-order valence-corrected chi connectivity index (χ3v) is 5.60. The van der Waals surface area contributed by atoms with Crippen molar-refractivity contribution in [2.75, 3.05) is 43.0 Å². The summed E-state index contributed by atoms with van der Waals surface area (Å²) in [6.07, 6.45) is 3.06. The summed E-state index contributed by atoms with van der Waals surface area (Å²) in [7, 11) is 2.09. The molecule has 1 aromatic heterocycles. The van der Waals surface area contributed by atoms with Crippen LogP contribution in [0.3, 0.4) is 0 Å². The fraction of sp³-hybridized carbons (Fsp3) is 0.700. The fourth-order valence-electron chi connectivity index (χ4n) is 3.59. The van der Waals surface area contributed by atoms with Crippen LogP contribution in [-0.2, 0) is 10.2 Å². The van der Waals surface area contributed by atoms with Crippen molar-refractivity contribution in [3.05, 3.63) is 17.8 Å². The van der Waals surface area contributed by atoms with Crippen molar-refractivity contribution in [1.82, 2.24) is 9.88 Å². The molecule has 2 aliphatic rings. The molecule has 1 aromatic rings. The van der Waals surface area contributed by atoms with Gasteiger partial charge in [-0.2, -0.15) is 0 Å². The zero-order valence-corrected chi connectivity index (χ0v) is 16.5. The minimum absolute atomic E-state index is 0.0199. The van der Waals surface area contributed by atoms with Gasteiger partial charge in [0.2, 0.25) is 0 Å². The molecule has 3 heterocycles. The van der Waals surface area contributed by atoms with Crippen LogP contribution < -0.4 is 9.80 Å². The van der Waals surface area contributed by atoms with E-state index in [9.17, 15) is 4.79 Å². The largest absolute Gasteiger partial charge is 0.340 e. The van der Waals surface area contributed by atoms with Gasteiger partial charge in [0, 0.05) is 32.4 Å². The molecule has 0 aromatic carbocycles. The molecule has 1 saturated heterocycles. The van der Waals surface area contributed by atoms with E-state index >= 15 is 0 Å². The molecule has 2 atom stereocenters. The number of anilines is 2. The van der Waals surface area contributed by atoms with Crippen molar-refractivity contribution in [2.24, 2.45) is 5.92 Å². The molecule has 0 aliphatic carbocycles. The molecule has 0 saturated carbocycles. The van der Waals surface area contributed by atoms with Crippen LogP contribution in [0.5, 0.6) is 0 Å². The molecule has 5 nitrogen and oxygen atoms in total. The number of rotatable bonds is 3. The molecular formula is C20H32N4O. The van der Waals surface area contributed by atoms with E-state index in [0.717, 1.165) is 44.1 Å². The molecule has 1 amide bonds. The quantitative estimate of drug-likeness (QED) is 0.845. The van der Waals surface area contributed by atoms with Gasteiger partial charge >= 0.3 is 0 Å². The fourth-order valence-corrected chi connectivity index (χ4v) is 3.59. The van der Waals surface area contributed by atoms with Crippen LogP contribution in [0.15, 0.2) is 12.3 Å². The number of likely N-dealkylation sites (N-methyl/N-ethyl adjacent to an activating group) is 1. The van der Waals surface area contributed by atoms with E-state index in [-0.39, 0.29) is 17.4 Å². The first-order valence-electron chi connectivity index (χ1n) is 9.49. The van der Waals surface area contributed by atoms with Crippen molar-refractivity contribution in [3.63, 3.8) is 0 Å². The highest BCUT2D eigenvalue weighted by molar-refractivity contribution is 6.05. The number of hydrogen-bond donors (Lipinski definition) is 0. The highest BCUT2D eigenvalue weighted by atomic mass is 16.2. The van der Waals surface area contributed by atoms with E-state index in [2.05, 4.69) is 57.5 Å². The number of fused-ring (bicyclic) bond motifs is 3. The van der Waals surface area contributed by atoms with Gasteiger partial charge in [0.05, 0.1) is 5.69 Å². The van der Waals surface area contributed by atoms with Crippen LogP contribution in [0, 0.1) is 5.92 Å². The van der Waals surface area contributed by atoms with Gasteiger partial charge in [0.25, 0.3) is 5.91 Å². The highest BCUT2D eigenvalue weighted by Gasteiger charge is 2.42. The van der Waals surface area contributed by atoms with E-state index < -0.39 is 0 Å². The molecule has 138 valence electrons. The number of aromatic nitrogens is 1. The van der Waals surface area contributed by atoms with Gasteiger partial charge in [-0.15, -0.1) is 0 Å². The summed E-state index contributed by atoms with van der Waals surface area (Å²) >= 11 is 0. The van der Waals surface area contributed by atoms with Gasteiger partial charge in [-0.05, 0) is 30.0 Å². The first-order chi connectivity index (χ1) is 11.7. The number of hydrogen-bond acceptors (Lipinski definition) is 4. The molecule has 0 N–H and O–H groups in total. The number of pyridine rings is 1. The molecule has 2 aliphatic heterocycles. The molecule has 3 rings (SSSR count). The Labute approximate surface area is 152 Å². The average molecular weight is 345 g/mol. The van der Waals surface area contributed by atoms with E-state index in [0.29, 0.717) is 5.92 Å². The molecule has 0 radical (unpaired) electrons. The predicted molar refractivity (Wildman–Crippen MR) is 103 cm³/mol. The zero-order chi connectivity index (χ0) is 18.4. The summed E-state index contributed by atoms with van der Waals surface area (Å²) < 4.78 is 0. The lowest BCUT2D eigenvalue weighted by Crippen LogP contribution is -2.62. The number of carbonyl (C=O) groups is 1. The lowest BCUT2D eigenvalue weighted by atomic mass is 9.87. The monoisotopic (exact) mass is 344 g/mol. The third-order valence-electron chi connectivity index (χ3n) is 5.60. The van der Waals surface area contributed by atoms with Gasteiger partial charge in [0.1, 0.15) is 6.04 Å². The standard InChI is InChI=1S/C20H32N4O/c1-7-14(2)12-24-16-10-15(20(3,4)5)11-21-18(16)23-9-8-22(6)13-17(23)19(24)25/h10-11,14,17H,7-9,12-13H2,1-6H3/t14?,17-/m1/s1. The van der Waals surface area contributed by atoms with Crippen LogP contribution in [0.4, 0.5) is 11.5 Å². The number of amides is 1. The summed E-state index contributed by atoms with van der Waals surface area (Å²) in [5.41, 5.74) is 2.20. The second-order valence-electron chi connectivity index (χ2n) is 8.75. The molecule has 25 heavy (non-hydrogen) atoms. The van der Waals surface area contributed by atoms with Crippen molar-refractivity contribution >= 4 is 17.4 Å². The number of nitrogens with zero attached hydrogens (tertiary/aromatic N) is 4. The van der Waals surface area contributed by atoms with Crippen molar-refractivity contribution < 1.29 is 4.79 Å². The Morgan fingerprint density at radius 3 is 2.68 bits per heavy atom. The van der Waals surface area contributed by atoms with Crippen LogP contribution in [0.1, 0.15) is 46.6 Å². The first-order valence-corrected chi connectivity index (χ1v) is 9.49. The molecule has 0 bridgehead atoms. The lowest BCUT2D eigenvalue weighted by Gasteiger charge is -2.47. The number of carbonyl (C=O) groups excluding carboxylic acids is 1. The van der Waals surface area contributed by atoms with E-state index in [1.807, 2.05) is 11.1 Å². The smallest absolute Gasteiger partial charge is 0.251 e. The minimum Gasteiger partial charge on any atom is -0.340 e.